The summed E-state index contributed by atoms with van der Waals surface area (Å²) in [7, 11) is 0. The van der Waals surface area contributed by atoms with E-state index in [4.69, 9.17) is 9.41 Å². The molecule has 1 aromatic heterocycles. The normalized spacial score (nSPS) is 17.0. The quantitative estimate of drug-likeness (QED) is 0.246. The number of carbonyl (C=O) groups excluding carboxylic acids is 1. The Bertz CT molecular complexity index is 1360. The maximum absolute atomic E-state index is 13.5. The molecule has 0 spiro atoms. The summed E-state index contributed by atoms with van der Waals surface area (Å²) < 4.78 is 7.05. The van der Waals surface area contributed by atoms with Crippen LogP contribution in [0.2, 0.25) is 0 Å². The van der Waals surface area contributed by atoms with Crippen molar-refractivity contribution in [2.75, 3.05) is 0 Å². The Morgan fingerprint density at radius 2 is 1.59 bits per heavy atom. The molecule has 1 fully saturated rings. The monoisotopic (exact) mass is 528 g/mol. The highest BCUT2D eigenvalue weighted by atomic mass is 79.9. The number of amidine groups is 1. The van der Waals surface area contributed by atoms with Crippen molar-refractivity contribution in [1.29, 1.82) is 0 Å². The van der Waals surface area contributed by atoms with Crippen LogP contribution in [-0.4, -0.2) is 16.0 Å². The number of hydrogen-bond donors (Lipinski definition) is 0. The van der Waals surface area contributed by atoms with Gasteiger partial charge in [0.15, 0.2) is 5.17 Å². The van der Waals surface area contributed by atoms with E-state index in [1.807, 2.05) is 104 Å². The molecule has 0 bridgehead atoms. The molecule has 34 heavy (non-hydrogen) atoms. The first-order valence-electron chi connectivity index (χ1n) is 10.9. The number of carbonyl (C=O) groups is 1. The first-order chi connectivity index (χ1) is 16.6. The van der Waals surface area contributed by atoms with Gasteiger partial charge in [0.1, 0.15) is 11.5 Å². The Hall–Kier alpha value is -3.35. The van der Waals surface area contributed by atoms with Crippen LogP contribution < -0.4 is 0 Å². The van der Waals surface area contributed by atoms with Crippen molar-refractivity contribution in [3.05, 3.63) is 118 Å². The van der Waals surface area contributed by atoms with E-state index in [0.717, 1.165) is 27.0 Å². The van der Waals surface area contributed by atoms with Gasteiger partial charge in [0.25, 0.3) is 5.91 Å². The topological polar surface area (TPSA) is 45.8 Å². The number of para-hydroxylation sites is 1. The number of halogens is 1. The molecule has 2 heterocycles. The van der Waals surface area contributed by atoms with E-state index in [0.29, 0.717) is 15.8 Å². The summed E-state index contributed by atoms with van der Waals surface area (Å²) in [6.07, 6.45) is 1.80. The number of thioether (sulfide) groups is 1. The Morgan fingerprint density at radius 3 is 2.29 bits per heavy atom. The molecule has 4 aromatic rings. The molecule has 5 rings (SSSR count). The number of nitrogens with zero attached hydrogens (tertiary/aromatic N) is 2. The van der Waals surface area contributed by atoms with E-state index in [1.165, 1.54) is 11.8 Å². The number of furan rings is 1. The molecule has 0 unspecified atom stereocenters. The van der Waals surface area contributed by atoms with Gasteiger partial charge in [-0.05, 0) is 60.6 Å². The first-order valence-corrected chi connectivity index (χ1v) is 12.5. The van der Waals surface area contributed by atoms with Crippen molar-refractivity contribution in [2.24, 2.45) is 4.99 Å². The van der Waals surface area contributed by atoms with Gasteiger partial charge < -0.3 is 4.42 Å². The predicted octanol–water partition coefficient (Wildman–Crippen LogP) is 8.07. The highest BCUT2D eigenvalue weighted by Gasteiger charge is 2.37. The lowest BCUT2D eigenvalue weighted by atomic mass is 10.1. The van der Waals surface area contributed by atoms with Gasteiger partial charge in [-0.15, -0.1) is 0 Å². The molecule has 1 aliphatic rings. The smallest absolute Gasteiger partial charge is 0.267 e. The Morgan fingerprint density at radius 1 is 0.912 bits per heavy atom. The second-order valence-corrected chi connectivity index (χ2v) is 9.74. The Balaban J connectivity index is 1.49. The van der Waals surface area contributed by atoms with Crippen LogP contribution in [0.25, 0.3) is 17.4 Å². The van der Waals surface area contributed by atoms with Gasteiger partial charge in [0.05, 0.1) is 16.6 Å². The lowest BCUT2D eigenvalue weighted by molar-refractivity contribution is -0.123. The van der Waals surface area contributed by atoms with Gasteiger partial charge in [0.2, 0.25) is 0 Å². The fourth-order valence-corrected chi connectivity index (χ4v) is 5.04. The third kappa shape index (κ3) is 4.79. The fraction of sp³-hybridized carbons (Fsp3) is 0.0714. The van der Waals surface area contributed by atoms with Crippen LogP contribution in [0.5, 0.6) is 0 Å². The minimum atomic E-state index is -0.163. The average molecular weight is 529 g/mol. The van der Waals surface area contributed by atoms with Crippen LogP contribution in [-0.2, 0) is 4.79 Å². The van der Waals surface area contributed by atoms with E-state index in [2.05, 4.69) is 15.9 Å². The van der Waals surface area contributed by atoms with E-state index in [9.17, 15) is 4.79 Å². The van der Waals surface area contributed by atoms with Crippen molar-refractivity contribution >= 4 is 50.5 Å². The summed E-state index contributed by atoms with van der Waals surface area (Å²) in [5.41, 5.74) is 2.83. The van der Waals surface area contributed by atoms with Crippen LogP contribution in [0.1, 0.15) is 24.3 Å². The molecule has 0 N–H and O–H groups in total. The third-order valence-corrected chi connectivity index (χ3v) is 7.03. The van der Waals surface area contributed by atoms with E-state index in [-0.39, 0.29) is 11.9 Å². The van der Waals surface area contributed by atoms with Crippen LogP contribution in [0.15, 0.2) is 116 Å². The number of aliphatic imine (C=N–C) groups is 1. The average Bonchev–Trinajstić information content (AvgIpc) is 3.45. The molecule has 6 heteroatoms. The summed E-state index contributed by atoms with van der Waals surface area (Å²) in [4.78, 5) is 20.7. The molecule has 0 saturated carbocycles. The second-order valence-electron chi connectivity index (χ2n) is 7.81. The summed E-state index contributed by atoms with van der Waals surface area (Å²) in [5, 5.41) is 0.651. The molecule has 1 saturated heterocycles. The molecular formula is C28H21BrN2O2S. The first kappa shape index (κ1) is 22.4. The lowest BCUT2D eigenvalue weighted by Gasteiger charge is -2.24. The van der Waals surface area contributed by atoms with E-state index >= 15 is 0 Å². The minimum absolute atomic E-state index is 0.0855. The number of amides is 1. The highest BCUT2D eigenvalue weighted by Crippen LogP contribution is 2.39. The van der Waals surface area contributed by atoms with Crippen LogP contribution >= 0.6 is 27.7 Å². The van der Waals surface area contributed by atoms with Gasteiger partial charge in [-0.3, -0.25) is 9.69 Å². The summed E-state index contributed by atoms with van der Waals surface area (Å²) in [6.45, 7) is 2.02. The zero-order valence-corrected chi connectivity index (χ0v) is 20.8. The molecule has 1 atom stereocenters. The Kier molecular flexibility index (Phi) is 6.52. The molecule has 4 nitrogen and oxygen atoms in total. The minimum Gasteiger partial charge on any atom is -0.457 e. The largest absolute Gasteiger partial charge is 0.457 e. The number of hydrogen-bond acceptors (Lipinski definition) is 4. The predicted molar refractivity (Wildman–Crippen MR) is 143 cm³/mol. The summed E-state index contributed by atoms with van der Waals surface area (Å²) >= 11 is 4.82. The maximum Gasteiger partial charge on any atom is 0.267 e. The van der Waals surface area contributed by atoms with Crippen LogP contribution in [0, 0.1) is 0 Å². The lowest BCUT2D eigenvalue weighted by Crippen LogP contribution is -2.32. The van der Waals surface area contributed by atoms with Gasteiger partial charge in [-0.1, -0.05) is 76.6 Å². The maximum atomic E-state index is 13.5. The molecule has 1 amide bonds. The van der Waals surface area contributed by atoms with E-state index < -0.39 is 0 Å². The highest BCUT2D eigenvalue weighted by molar-refractivity contribution is 9.10. The van der Waals surface area contributed by atoms with Crippen LogP contribution in [0.4, 0.5) is 5.69 Å². The molecule has 0 aliphatic carbocycles. The molecule has 168 valence electrons. The SMILES string of the molecule is C[C@@H](c1ccccc1)N1C(=O)/C(=C\c2ccc(-c3ccc(Br)cc3)o2)SC1=Nc1ccccc1. The van der Waals surface area contributed by atoms with Crippen molar-refractivity contribution in [3.8, 4) is 11.3 Å². The molecule has 0 radical (unpaired) electrons. The van der Waals surface area contributed by atoms with Crippen molar-refractivity contribution < 1.29 is 9.21 Å². The van der Waals surface area contributed by atoms with E-state index in [1.54, 1.807) is 11.0 Å². The van der Waals surface area contributed by atoms with Crippen LogP contribution in [0.3, 0.4) is 0 Å². The van der Waals surface area contributed by atoms with Gasteiger partial charge in [0, 0.05) is 16.1 Å². The van der Waals surface area contributed by atoms with Gasteiger partial charge >= 0.3 is 0 Å². The van der Waals surface area contributed by atoms with Gasteiger partial charge in [-0.25, -0.2) is 4.99 Å². The fourth-order valence-electron chi connectivity index (χ4n) is 3.73. The standard InChI is InChI=1S/C28H21BrN2O2S/c1-19(20-8-4-2-5-9-20)31-27(32)26(34-28(31)30-23-10-6-3-7-11-23)18-24-16-17-25(33-24)21-12-14-22(29)15-13-21/h2-19H,1H3/b26-18+,30-28?/t19-/m0/s1. The van der Waals surface area contributed by atoms with Crippen molar-refractivity contribution in [1.82, 2.24) is 4.90 Å². The summed E-state index contributed by atoms with van der Waals surface area (Å²) in [6, 6.07) is 31.3. The molecule has 1 aliphatic heterocycles. The molecular weight excluding hydrogens is 508 g/mol. The summed E-state index contributed by atoms with van der Waals surface area (Å²) in [5.74, 6) is 1.29. The second kappa shape index (κ2) is 9.87. The van der Waals surface area contributed by atoms with Gasteiger partial charge in [-0.2, -0.15) is 0 Å². The third-order valence-electron chi connectivity index (χ3n) is 5.52. The Labute approximate surface area is 211 Å². The van der Waals surface area contributed by atoms with Crippen molar-refractivity contribution in [2.45, 2.75) is 13.0 Å². The number of benzene rings is 3. The molecule has 3 aromatic carbocycles. The van der Waals surface area contributed by atoms with Crippen molar-refractivity contribution in [3.63, 3.8) is 0 Å². The number of rotatable bonds is 5. The zero-order valence-electron chi connectivity index (χ0n) is 18.4. The zero-order chi connectivity index (χ0) is 23.5.